The number of nitrogens with zero attached hydrogens (tertiary/aromatic N) is 3. The van der Waals surface area contributed by atoms with Crippen molar-refractivity contribution < 1.29 is 4.84 Å². The molecule has 25 heavy (non-hydrogen) atoms. The summed E-state index contributed by atoms with van der Waals surface area (Å²) >= 11 is 6.10. The SMILES string of the molecule is CO/N=C(/CCN1CCC(c2ccccn2)CC1)c1cccc(Cl)c1. The van der Waals surface area contributed by atoms with Crippen molar-refractivity contribution >= 4 is 17.3 Å². The summed E-state index contributed by atoms with van der Waals surface area (Å²) in [4.78, 5) is 12.0. The molecule has 1 saturated heterocycles. The molecule has 0 saturated carbocycles. The van der Waals surface area contributed by atoms with Gasteiger partial charge in [0.25, 0.3) is 0 Å². The van der Waals surface area contributed by atoms with Gasteiger partial charge in [-0.15, -0.1) is 0 Å². The molecule has 1 aromatic carbocycles. The number of rotatable bonds is 6. The molecule has 1 fully saturated rings. The van der Waals surface area contributed by atoms with Crippen LogP contribution in [0.4, 0.5) is 0 Å². The average molecular weight is 358 g/mol. The van der Waals surface area contributed by atoms with E-state index in [0.717, 1.165) is 55.2 Å². The Balaban J connectivity index is 1.54. The fraction of sp³-hybridized carbons (Fsp3) is 0.400. The lowest BCUT2D eigenvalue weighted by molar-refractivity contribution is 0.205. The van der Waals surface area contributed by atoms with Gasteiger partial charge in [0, 0.05) is 41.4 Å². The fourth-order valence-corrected chi connectivity index (χ4v) is 3.54. The number of likely N-dealkylation sites (tertiary alicyclic amines) is 1. The fourth-order valence-electron chi connectivity index (χ4n) is 3.35. The monoisotopic (exact) mass is 357 g/mol. The second kappa shape index (κ2) is 8.97. The first-order valence-corrected chi connectivity index (χ1v) is 9.13. The second-order valence-electron chi connectivity index (χ2n) is 6.35. The van der Waals surface area contributed by atoms with Crippen LogP contribution < -0.4 is 0 Å². The number of benzene rings is 1. The van der Waals surface area contributed by atoms with Crippen LogP contribution in [0.3, 0.4) is 0 Å². The molecule has 0 bridgehead atoms. The minimum absolute atomic E-state index is 0.581. The van der Waals surface area contributed by atoms with E-state index in [4.69, 9.17) is 16.4 Å². The Morgan fingerprint density at radius 2 is 2.08 bits per heavy atom. The van der Waals surface area contributed by atoms with Crippen molar-refractivity contribution in [1.29, 1.82) is 0 Å². The molecule has 0 aliphatic carbocycles. The van der Waals surface area contributed by atoms with Crippen LogP contribution in [0.15, 0.2) is 53.8 Å². The predicted molar refractivity (Wildman–Crippen MR) is 102 cm³/mol. The van der Waals surface area contributed by atoms with Crippen LogP contribution in [-0.4, -0.2) is 42.3 Å². The van der Waals surface area contributed by atoms with Gasteiger partial charge in [-0.2, -0.15) is 0 Å². The van der Waals surface area contributed by atoms with Crippen molar-refractivity contribution in [2.45, 2.75) is 25.2 Å². The number of hydrogen-bond donors (Lipinski definition) is 0. The summed E-state index contributed by atoms with van der Waals surface area (Å²) in [5, 5.41) is 4.92. The summed E-state index contributed by atoms with van der Waals surface area (Å²) in [6.07, 6.45) is 5.05. The maximum absolute atomic E-state index is 6.10. The maximum Gasteiger partial charge on any atom is 0.106 e. The van der Waals surface area contributed by atoms with E-state index >= 15 is 0 Å². The standard InChI is InChI=1S/C20H24ClN3O/c1-25-23-20(17-5-4-6-18(21)15-17)10-14-24-12-8-16(9-13-24)19-7-2-3-11-22-19/h2-7,11,15-16H,8-10,12-14H2,1H3/b23-20-. The van der Waals surface area contributed by atoms with E-state index < -0.39 is 0 Å². The van der Waals surface area contributed by atoms with Crippen molar-refractivity contribution in [3.63, 3.8) is 0 Å². The zero-order valence-electron chi connectivity index (χ0n) is 14.6. The van der Waals surface area contributed by atoms with E-state index in [2.05, 4.69) is 27.2 Å². The Bertz CT molecular complexity index is 697. The van der Waals surface area contributed by atoms with Gasteiger partial charge in [0.1, 0.15) is 7.11 Å². The largest absolute Gasteiger partial charge is 0.399 e. The van der Waals surface area contributed by atoms with Gasteiger partial charge in [-0.1, -0.05) is 35.0 Å². The normalized spacial score (nSPS) is 16.8. The van der Waals surface area contributed by atoms with Crippen molar-refractivity contribution in [3.05, 3.63) is 64.9 Å². The van der Waals surface area contributed by atoms with Crippen LogP contribution in [0, 0.1) is 0 Å². The molecule has 1 aliphatic rings. The van der Waals surface area contributed by atoms with Crippen LogP contribution in [-0.2, 0) is 4.84 Å². The minimum atomic E-state index is 0.581. The molecule has 0 radical (unpaired) electrons. The van der Waals surface area contributed by atoms with Crippen molar-refractivity contribution in [2.75, 3.05) is 26.7 Å². The summed E-state index contributed by atoms with van der Waals surface area (Å²) in [6.45, 7) is 3.16. The zero-order valence-corrected chi connectivity index (χ0v) is 15.3. The van der Waals surface area contributed by atoms with Crippen LogP contribution >= 0.6 is 11.6 Å². The number of halogens is 1. The lowest BCUT2D eigenvalue weighted by Crippen LogP contribution is -2.34. The first-order chi connectivity index (χ1) is 12.3. The number of hydrogen-bond acceptors (Lipinski definition) is 4. The molecule has 0 amide bonds. The first-order valence-electron chi connectivity index (χ1n) is 8.75. The van der Waals surface area contributed by atoms with E-state index in [0.29, 0.717) is 5.92 Å². The number of aromatic nitrogens is 1. The quantitative estimate of drug-likeness (QED) is 0.569. The molecule has 1 aliphatic heterocycles. The Labute approximate surface area is 154 Å². The number of piperidine rings is 1. The summed E-state index contributed by atoms with van der Waals surface area (Å²) in [7, 11) is 1.59. The van der Waals surface area contributed by atoms with Crippen LogP contribution in [0.2, 0.25) is 5.02 Å². The highest BCUT2D eigenvalue weighted by Gasteiger charge is 2.21. The van der Waals surface area contributed by atoms with E-state index in [1.165, 1.54) is 5.69 Å². The van der Waals surface area contributed by atoms with Crippen LogP contribution in [0.5, 0.6) is 0 Å². The Hall–Kier alpha value is -1.91. The summed E-state index contributed by atoms with van der Waals surface area (Å²) in [5.74, 6) is 0.581. The van der Waals surface area contributed by atoms with Gasteiger partial charge < -0.3 is 9.74 Å². The lowest BCUT2D eigenvalue weighted by Gasteiger charge is -2.31. The Morgan fingerprint density at radius 3 is 2.76 bits per heavy atom. The van der Waals surface area contributed by atoms with Gasteiger partial charge in [0.2, 0.25) is 0 Å². The van der Waals surface area contributed by atoms with Gasteiger partial charge in [-0.3, -0.25) is 4.98 Å². The van der Waals surface area contributed by atoms with Gasteiger partial charge in [0.05, 0.1) is 5.71 Å². The Morgan fingerprint density at radius 1 is 1.24 bits per heavy atom. The molecule has 4 nitrogen and oxygen atoms in total. The molecular formula is C20H24ClN3O. The lowest BCUT2D eigenvalue weighted by atomic mass is 9.93. The third-order valence-corrected chi connectivity index (χ3v) is 4.95. The highest BCUT2D eigenvalue weighted by Crippen LogP contribution is 2.26. The summed E-state index contributed by atoms with van der Waals surface area (Å²) in [6, 6.07) is 14.0. The van der Waals surface area contributed by atoms with E-state index in [-0.39, 0.29) is 0 Å². The molecule has 2 heterocycles. The van der Waals surface area contributed by atoms with Gasteiger partial charge in [-0.05, 0) is 50.2 Å². The van der Waals surface area contributed by atoms with Gasteiger partial charge in [0.15, 0.2) is 0 Å². The second-order valence-corrected chi connectivity index (χ2v) is 6.79. The first kappa shape index (κ1) is 17.9. The van der Waals surface area contributed by atoms with Crippen LogP contribution in [0.1, 0.15) is 36.4 Å². The molecule has 0 unspecified atom stereocenters. The summed E-state index contributed by atoms with van der Waals surface area (Å²) in [5.41, 5.74) is 3.19. The van der Waals surface area contributed by atoms with Crippen LogP contribution in [0.25, 0.3) is 0 Å². The molecule has 1 aromatic heterocycles. The third kappa shape index (κ3) is 5.03. The molecule has 5 heteroatoms. The molecule has 0 spiro atoms. The predicted octanol–water partition coefficient (Wildman–Crippen LogP) is 4.36. The summed E-state index contributed by atoms with van der Waals surface area (Å²) < 4.78 is 0. The third-order valence-electron chi connectivity index (χ3n) is 4.72. The molecule has 0 atom stereocenters. The molecule has 2 aromatic rings. The number of pyridine rings is 1. The topological polar surface area (TPSA) is 37.7 Å². The smallest absolute Gasteiger partial charge is 0.106 e. The highest BCUT2D eigenvalue weighted by molar-refractivity contribution is 6.31. The highest BCUT2D eigenvalue weighted by atomic mass is 35.5. The minimum Gasteiger partial charge on any atom is -0.399 e. The molecule has 3 rings (SSSR count). The molecular weight excluding hydrogens is 334 g/mol. The van der Waals surface area contributed by atoms with E-state index in [1.807, 2.05) is 36.5 Å². The van der Waals surface area contributed by atoms with E-state index in [9.17, 15) is 0 Å². The van der Waals surface area contributed by atoms with Gasteiger partial charge in [-0.25, -0.2) is 0 Å². The van der Waals surface area contributed by atoms with E-state index in [1.54, 1.807) is 7.11 Å². The maximum atomic E-state index is 6.10. The van der Waals surface area contributed by atoms with Crippen molar-refractivity contribution in [2.24, 2.45) is 5.16 Å². The Kier molecular flexibility index (Phi) is 6.42. The van der Waals surface area contributed by atoms with Crippen molar-refractivity contribution in [3.8, 4) is 0 Å². The average Bonchev–Trinajstić information content (AvgIpc) is 2.66. The molecule has 0 N–H and O–H groups in total. The van der Waals surface area contributed by atoms with Gasteiger partial charge >= 0.3 is 0 Å². The zero-order chi connectivity index (χ0) is 17.5. The number of oxime groups is 1. The van der Waals surface area contributed by atoms with Crippen molar-refractivity contribution in [1.82, 2.24) is 9.88 Å². The molecule has 132 valence electrons.